The van der Waals surface area contributed by atoms with E-state index in [-0.39, 0.29) is 11.8 Å². The summed E-state index contributed by atoms with van der Waals surface area (Å²) in [6.07, 6.45) is 3.66. The maximum atomic E-state index is 11.9. The van der Waals surface area contributed by atoms with E-state index in [1.165, 1.54) is 11.1 Å². The van der Waals surface area contributed by atoms with Crippen molar-refractivity contribution >= 4 is 11.9 Å². The molecule has 0 saturated heterocycles. The third-order valence-electron chi connectivity index (χ3n) is 4.10. The molecular formula is C18H27NO3. The Balaban J connectivity index is 2.39. The molecule has 1 amide bonds. The van der Waals surface area contributed by atoms with Crippen LogP contribution in [-0.4, -0.2) is 23.0 Å². The summed E-state index contributed by atoms with van der Waals surface area (Å²) in [5.74, 6) is -1.21. The summed E-state index contributed by atoms with van der Waals surface area (Å²) in [6.45, 7) is 5.89. The number of amides is 1. The molecule has 4 heteroatoms. The molecule has 0 aliphatic carbocycles. The number of carbonyl (C=O) groups is 2. The highest BCUT2D eigenvalue weighted by molar-refractivity contribution is 5.83. The van der Waals surface area contributed by atoms with E-state index in [0.29, 0.717) is 6.42 Å². The lowest BCUT2D eigenvalue weighted by atomic mass is 9.99. The van der Waals surface area contributed by atoms with Gasteiger partial charge < -0.3 is 10.4 Å². The van der Waals surface area contributed by atoms with Gasteiger partial charge in [0.2, 0.25) is 5.91 Å². The number of aliphatic carboxylic acids is 1. The Labute approximate surface area is 132 Å². The highest BCUT2D eigenvalue weighted by Crippen LogP contribution is 2.10. The summed E-state index contributed by atoms with van der Waals surface area (Å²) < 4.78 is 0. The van der Waals surface area contributed by atoms with E-state index in [1.54, 1.807) is 0 Å². The Morgan fingerprint density at radius 3 is 2.23 bits per heavy atom. The quantitative estimate of drug-likeness (QED) is 0.736. The first-order chi connectivity index (χ1) is 10.5. The zero-order valence-electron chi connectivity index (χ0n) is 13.8. The van der Waals surface area contributed by atoms with E-state index < -0.39 is 12.0 Å². The Morgan fingerprint density at radius 2 is 1.73 bits per heavy atom. The monoisotopic (exact) mass is 305 g/mol. The van der Waals surface area contributed by atoms with Crippen molar-refractivity contribution < 1.29 is 14.7 Å². The molecule has 1 aromatic rings. The summed E-state index contributed by atoms with van der Waals surface area (Å²) in [4.78, 5) is 23.1. The molecule has 1 rings (SSSR count). The van der Waals surface area contributed by atoms with Crippen LogP contribution in [0.1, 0.15) is 51.2 Å². The van der Waals surface area contributed by atoms with Crippen LogP contribution in [0.5, 0.6) is 0 Å². The highest BCUT2D eigenvalue weighted by atomic mass is 16.4. The van der Waals surface area contributed by atoms with Gasteiger partial charge in [-0.15, -0.1) is 0 Å². The molecule has 0 aliphatic rings. The molecule has 22 heavy (non-hydrogen) atoms. The van der Waals surface area contributed by atoms with Crippen molar-refractivity contribution in [2.75, 3.05) is 0 Å². The minimum Gasteiger partial charge on any atom is -0.480 e. The third-order valence-corrected chi connectivity index (χ3v) is 4.10. The maximum Gasteiger partial charge on any atom is 0.326 e. The number of carboxylic acid groups (broad SMARTS) is 1. The molecule has 122 valence electrons. The van der Waals surface area contributed by atoms with Crippen LogP contribution in [0, 0.1) is 5.92 Å². The number of carbonyl (C=O) groups excluding carboxylic acids is 1. The number of nitrogens with one attached hydrogen (secondary N) is 1. The van der Waals surface area contributed by atoms with Crippen LogP contribution in [0.3, 0.4) is 0 Å². The first kappa shape index (κ1) is 18.2. The van der Waals surface area contributed by atoms with Crippen LogP contribution in [0.15, 0.2) is 24.3 Å². The van der Waals surface area contributed by atoms with Gasteiger partial charge >= 0.3 is 5.97 Å². The van der Waals surface area contributed by atoms with Gasteiger partial charge in [-0.25, -0.2) is 4.79 Å². The minimum absolute atomic E-state index is 0.0666. The van der Waals surface area contributed by atoms with Gasteiger partial charge in [-0.3, -0.25) is 4.79 Å². The molecule has 1 aromatic carbocycles. The average molecular weight is 305 g/mol. The van der Waals surface area contributed by atoms with Crippen molar-refractivity contribution in [3.05, 3.63) is 35.4 Å². The molecule has 0 spiro atoms. The zero-order valence-corrected chi connectivity index (χ0v) is 13.8. The predicted octanol–water partition coefficient (Wildman–Crippen LogP) is 3.19. The molecule has 2 N–H and O–H groups in total. The zero-order chi connectivity index (χ0) is 16.5. The number of benzene rings is 1. The fraction of sp³-hybridized carbons (Fsp3) is 0.556. The molecule has 0 fully saturated rings. The molecule has 0 aliphatic heterocycles. The van der Waals surface area contributed by atoms with Crippen LogP contribution < -0.4 is 5.32 Å². The molecule has 2 unspecified atom stereocenters. The first-order valence-electron chi connectivity index (χ1n) is 8.07. The summed E-state index contributed by atoms with van der Waals surface area (Å²) >= 11 is 0. The minimum atomic E-state index is -0.960. The van der Waals surface area contributed by atoms with Gasteiger partial charge in [-0.1, -0.05) is 51.5 Å². The molecule has 4 nitrogen and oxygen atoms in total. The smallest absolute Gasteiger partial charge is 0.326 e. The fourth-order valence-electron chi connectivity index (χ4n) is 2.32. The van der Waals surface area contributed by atoms with Crippen LogP contribution in [0.2, 0.25) is 0 Å². The Kier molecular flexibility index (Phi) is 7.64. The van der Waals surface area contributed by atoms with E-state index in [1.807, 2.05) is 13.8 Å². The summed E-state index contributed by atoms with van der Waals surface area (Å²) in [7, 11) is 0. The van der Waals surface area contributed by atoms with Gasteiger partial charge in [0.25, 0.3) is 0 Å². The molecule has 0 aromatic heterocycles. The Hall–Kier alpha value is -1.84. The van der Waals surface area contributed by atoms with Crippen molar-refractivity contribution in [2.45, 2.75) is 58.9 Å². The molecule has 0 heterocycles. The number of rotatable bonds is 9. The second-order valence-corrected chi connectivity index (χ2v) is 5.79. The topological polar surface area (TPSA) is 66.4 Å². The molecule has 2 atom stereocenters. The fourth-order valence-corrected chi connectivity index (χ4v) is 2.32. The number of hydrogen-bond donors (Lipinski definition) is 2. The molecular weight excluding hydrogens is 278 g/mol. The lowest BCUT2D eigenvalue weighted by Crippen LogP contribution is -2.44. The summed E-state index contributed by atoms with van der Waals surface area (Å²) in [5, 5.41) is 11.8. The van der Waals surface area contributed by atoms with Gasteiger partial charge in [0.15, 0.2) is 0 Å². The standard InChI is InChI=1S/C18H27NO3/c1-4-13(3)17(18(21)22)19-16(20)8-6-7-15-11-9-14(5-2)10-12-15/h9-13,17H,4-8H2,1-3H3,(H,19,20)(H,21,22). The molecule has 0 saturated carbocycles. The number of carboxylic acids is 1. The largest absolute Gasteiger partial charge is 0.480 e. The van der Waals surface area contributed by atoms with Crippen LogP contribution in [-0.2, 0) is 22.4 Å². The van der Waals surface area contributed by atoms with Gasteiger partial charge in [0.05, 0.1) is 0 Å². The molecule has 0 bridgehead atoms. The average Bonchev–Trinajstić information content (AvgIpc) is 2.52. The SMILES string of the molecule is CCc1ccc(CCCC(=O)NC(C(=O)O)C(C)CC)cc1. The van der Waals surface area contributed by atoms with Crippen molar-refractivity contribution in [2.24, 2.45) is 5.92 Å². The summed E-state index contributed by atoms with van der Waals surface area (Å²) in [5.41, 5.74) is 2.51. The second kappa shape index (κ2) is 9.23. The first-order valence-corrected chi connectivity index (χ1v) is 8.07. The van der Waals surface area contributed by atoms with Gasteiger partial charge in [0, 0.05) is 6.42 Å². The number of hydrogen-bond acceptors (Lipinski definition) is 2. The maximum absolute atomic E-state index is 11.9. The van der Waals surface area contributed by atoms with Crippen molar-refractivity contribution in [3.8, 4) is 0 Å². The van der Waals surface area contributed by atoms with Crippen molar-refractivity contribution in [1.29, 1.82) is 0 Å². The van der Waals surface area contributed by atoms with E-state index in [0.717, 1.165) is 25.7 Å². The predicted molar refractivity (Wildman–Crippen MR) is 87.8 cm³/mol. The van der Waals surface area contributed by atoms with E-state index in [4.69, 9.17) is 5.11 Å². The van der Waals surface area contributed by atoms with Gasteiger partial charge in [0.1, 0.15) is 6.04 Å². The lowest BCUT2D eigenvalue weighted by Gasteiger charge is -2.20. The Morgan fingerprint density at radius 1 is 1.14 bits per heavy atom. The van der Waals surface area contributed by atoms with Gasteiger partial charge in [-0.2, -0.15) is 0 Å². The van der Waals surface area contributed by atoms with Crippen LogP contribution in [0.25, 0.3) is 0 Å². The summed E-state index contributed by atoms with van der Waals surface area (Å²) in [6, 6.07) is 7.62. The van der Waals surface area contributed by atoms with Crippen molar-refractivity contribution in [3.63, 3.8) is 0 Å². The van der Waals surface area contributed by atoms with E-state index >= 15 is 0 Å². The van der Waals surface area contributed by atoms with E-state index in [2.05, 4.69) is 36.5 Å². The second-order valence-electron chi connectivity index (χ2n) is 5.79. The van der Waals surface area contributed by atoms with Gasteiger partial charge in [-0.05, 0) is 36.3 Å². The number of aryl methyl sites for hydroxylation is 2. The molecule has 0 radical (unpaired) electrons. The lowest BCUT2D eigenvalue weighted by molar-refractivity contribution is -0.143. The normalized spacial score (nSPS) is 13.4. The van der Waals surface area contributed by atoms with Crippen LogP contribution in [0.4, 0.5) is 0 Å². The van der Waals surface area contributed by atoms with Crippen LogP contribution >= 0.6 is 0 Å². The Bertz CT molecular complexity index is 482. The highest BCUT2D eigenvalue weighted by Gasteiger charge is 2.24. The van der Waals surface area contributed by atoms with E-state index in [9.17, 15) is 9.59 Å². The third kappa shape index (κ3) is 5.88. The van der Waals surface area contributed by atoms with Crippen molar-refractivity contribution in [1.82, 2.24) is 5.32 Å².